The molecule has 0 bridgehead atoms. The third-order valence-corrected chi connectivity index (χ3v) is 11.1. The molecule has 2 nitrogen and oxygen atoms in total. The zero-order valence-electron chi connectivity index (χ0n) is 25.4. The minimum absolute atomic E-state index is 0.0504. The van der Waals surface area contributed by atoms with E-state index in [4.69, 9.17) is 4.74 Å². The van der Waals surface area contributed by atoms with Gasteiger partial charge in [0.1, 0.15) is 5.75 Å². The van der Waals surface area contributed by atoms with Crippen molar-refractivity contribution in [3.05, 3.63) is 137 Å². The van der Waals surface area contributed by atoms with Gasteiger partial charge in [-0.2, -0.15) is 0 Å². The van der Waals surface area contributed by atoms with Gasteiger partial charge in [-0.15, -0.1) is 0 Å². The van der Waals surface area contributed by atoms with Crippen LogP contribution >= 0.6 is 0 Å². The van der Waals surface area contributed by atoms with Gasteiger partial charge in [-0.3, -0.25) is 0 Å². The number of ether oxygens (including phenoxy) is 1. The van der Waals surface area contributed by atoms with Crippen LogP contribution in [-0.2, 0) is 11.0 Å². The fourth-order valence-electron chi connectivity index (χ4n) is 9.03. The topological polar surface area (TPSA) is 12.5 Å². The van der Waals surface area contributed by atoms with Gasteiger partial charge in [0.2, 0.25) is 0 Å². The van der Waals surface area contributed by atoms with Gasteiger partial charge in [0, 0.05) is 46.3 Å². The van der Waals surface area contributed by atoms with Crippen LogP contribution in [0.5, 0.6) is 5.75 Å². The van der Waals surface area contributed by atoms with E-state index in [2.05, 4.69) is 120 Å². The largest absolute Gasteiger partial charge is 0.472 e. The van der Waals surface area contributed by atoms with Crippen molar-refractivity contribution in [2.75, 3.05) is 18.0 Å². The quantitative estimate of drug-likeness (QED) is 0.213. The lowest BCUT2D eigenvalue weighted by Gasteiger charge is -2.41. The Kier molecular flexibility index (Phi) is 6.01. The van der Waals surface area contributed by atoms with Gasteiger partial charge in [-0.25, -0.2) is 0 Å². The zero-order valence-corrected chi connectivity index (χ0v) is 25.4. The van der Waals surface area contributed by atoms with Crippen molar-refractivity contribution in [1.82, 2.24) is 0 Å². The molecule has 4 aliphatic rings. The van der Waals surface area contributed by atoms with E-state index in [0.29, 0.717) is 0 Å². The van der Waals surface area contributed by atoms with Gasteiger partial charge < -0.3 is 9.64 Å². The molecule has 1 atom stereocenters. The van der Waals surface area contributed by atoms with Crippen molar-refractivity contribution in [2.45, 2.75) is 62.4 Å². The second-order valence-electron chi connectivity index (χ2n) is 13.4. The van der Waals surface area contributed by atoms with Crippen LogP contribution in [0.3, 0.4) is 0 Å². The average molecular weight is 574 g/mol. The second kappa shape index (κ2) is 10.1. The molecule has 1 saturated carbocycles. The molecule has 5 aromatic rings. The van der Waals surface area contributed by atoms with Crippen LogP contribution in [0.2, 0.25) is 0 Å². The maximum Gasteiger partial charge on any atom is 0.178 e. The van der Waals surface area contributed by atoms with Crippen molar-refractivity contribution >= 4 is 22.5 Å². The Morgan fingerprint density at radius 1 is 0.591 bits per heavy atom. The SMILES string of the molecule is C1=CC(c2ccccc2)(c2ccc(N3CCCCC3)cc2)Oc2c1c1c(c3ccccc23)-c2ccccc2C12CCCCC2. The Morgan fingerprint density at radius 2 is 1.25 bits per heavy atom. The van der Waals surface area contributed by atoms with Gasteiger partial charge in [0.25, 0.3) is 0 Å². The van der Waals surface area contributed by atoms with E-state index in [9.17, 15) is 0 Å². The molecule has 1 saturated heterocycles. The number of hydrogen-bond donors (Lipinski definition) is 0. The minimum Gasteiger partial charge on any atom is -0.472 e. The van der Waals surface area contributed by atoms with E-state index < -0.39 is 5.60 Å². The highest BCUT2D eigenvalue weighted by Crippen LogP contribution is 2.62. The van der Waals surface area contributed by atoms with Crippen LogP contribution < -0.4 is 9.64 Å². The van der Waals surface area contributed by atoms with Crippen LogP contribution in [-0.4, -0.2) is 13.1 Å². The van der Waals surface area contributed by atoms with Crippen LogP contribution in [0, 0.1) is 0 Å². The number of nitrogens with zero attached hydrogens (tertiary/aromatic N) is 1. The fraction of sp³-hybridized carbons (Fsp3) is 0.286. The van der Waals surface area contributed by atoms with Crippen LogP contribution in [0.4, 0.5) is 5.69 Å². The van der Waals surface area contributed by atoms with Crippen LogP contribution in [0.25, 0.3) is 28.0 Å². The van der Waals surface area contributed by atoms with Gasteiger partial charge in [0.05, 0.1) is 0 Å². The average Bonchev–Trinajstić information content (AvgIpc) is 3.39. The summed E-state index contributed by atoms with van der Waals surface area (Å²) < 4.78 is 7.55. The Bertz CT molecular complexity index is 1890. The Hall–Kier alpha value is -4.30. The monoisotopic (exact) mass is 573 g/mol. The number of rotatable bonds is 3. The molecule has 0 N–H and O–H groups in total. The Morgan fingerprint density at radius 3 is 2.05 bits per heavy atom. The number of fused-ring (bicyclic) bond motifs is 10. The second-order valence-corrected chi connectivity index (χ2v) is 13.4. The zero-order chi connectivity index (χ0) is 29.1. The standard InChI is InChI=1S/C42H39NO/c1-4-14-30(15-5-1)42(31-20-22-32(23-21-31)43-28-12-3-13-29-43)27-24-36-39-38(33-16-6-7-17-34(33)40(36)44-42)35-18-8-9-19-37(35)41(39)25-10-2-11-26-41/h1,4-9,14-24,27H,2-3,10-13,25-26,28-29H2. The summed E-state index contributed by atoms with van der Waals surface area (Å²) in [7, 11) is 0. The van der Waals surface area contributed by atoms with E-state index in [1.54, 1.807) is 0 Å². The molecule has 2 heterocycles. The first kappa shape index (κ1) is 26.1. The van der Waals surface area contributed by atoms with Crippen molar-refractivity contribution < 1.29 is 4.74 Å². The lowest BCUT2D eigenvalue weighted by molar-refractivity contribution is 0.163. The van der Waals surface area contributed by atoms with Crippen molar-refractivity contribution in [3.8, 4) is 16.9 Å². The van der Waals surface area contributed by atoms with E-state index in [1.165, 1.54) is 101 Å². The van der Waals surface area contributed by atoms with Crippen LogP contribution in [0.1, 0.15) is 79.2 Å². The molecule has 0 aromatic heterocycles. The smallest absolute Gasteiger partial charge is 0.178 e. The summed E-state index contributed by atoms with van der Waals surface area (Å²) in [5.74, 6) is 1.03. The summed E-state index contributed by atoms with van der Waals surface area (Å²) in [6.45, 7) is 2.29. The molecule has 1 spiro atoms. The third-order valence-electron chi connectivity index (χ3n) is 11.1. The molecule has 2 aliphatic heterocycles. The molecule has 5 aromatic carbocycles. The molecule has 9 rings (SSSR count). The van der Waals surface area contributed by atoms with E-state index in [-0.39, 0.29) is 5.41 Å². The Balaban J connectivity index is 1.27. The first-order valence-electron chi connectivity index (χ1n) is 16.8. The molecule has 2 heteroatoms. The highest BCUT2D eigenvalue weighted by molar-refractivity contribution is 6.08. The third kappa shape index (κ3) is 3.73. The molecular weight excluding hydrogens is 534 g/mol. The normalized spacial score (nSPS) is 21.5. The molecule has 1 unspecified atom stereocenters. The number of benzene rings is 5. The summed E-state index contributed by atoms with van der Waals surface area (Å²) in [6.07, 6.45) is 15.0. The molecule has 2 fully saturated rings. The van der Waals surface area contributed by atoms with Crippen LogP contribution in [0.15, 0.2) is 109 Å². The molecule has 2 aliphatic carbocycles. The van der Waals surface area contributed by atoms with E-state index in [1.807, 2.05) is 0 Å². The summed E-state index contributed by atoms with van der Waals surface area (Å²) in [5.41, 5.74) is 10.2. The first-order chi connectivity index (χ1) is 21.8. The molecular formula is C42H39NO. The molecule has 218 valence electrons. The lowest BCUT2D eigenvalue weighted by Crippen LogP contribution is -2.36. The predicted octanol–water partition coefficient (Wildman–Crippen LogP) is 10.4. The van der Waals surface area contributed by atoms with E-state index in [0.717, 1.165) is 24.4 Å². The highest BCUT2D eigenvalue weighted by Gasteiger charge is 2.48. The summed E-state index contributed by atoms with van der Waals surface area (Å²) in [4.78, 5) is 2.54. The lowest BCUT2D eigenvalue weighted by atomic mass is 9.66. The van der Waals surface area contributed by atoms with Crippen molar-refractivity contribution in [1.29, 1.82) is 0 Å². The van der Waals surface area contributed by atoms with Gasteiger partial charge >= 0.3 is 0 Å². The van der Waals surface area contributed by atoms with Gasteiger partial charge in [-0.05, 0) is 78.0 Å². The Labute approximate surface area is 261 Å². The number of anilines is 1. The summed E-state index contributed by atoms with van der Waals surface area (Å²) >= 11 is 0. The number of piperidine rings is 1. The van der Waals surface area contributed by atoms with Gasteiger partial charge in [-0.1, -0.05) is 116 Å². The van der Waals surface area contributed by atoms with Gasteiger partial charge in [0.15, 0.2) is 5.60 Å². The van der Waals surface area contributed by atoms with Crippen molar-refractivity contribution in [3.63, 3.8) is 0 Å². The first-order valence-corrected chi connectivity index (χ1v) is 16.8. The molecule has 44 heavy (non-hydrogen) atoms. The molecule has 0 radical (unpaired) electrons. The van der Waals surface area contributed by atoms with Crippen molar-refractivity contribution in [2.24, 2.45) is 0 Å². The van der Waals surface area contributed by atoms with E-state index >= 15 is 0 Å². The maximum absolute atomic E-state index is 7.55. The summed E-state index contributed by atoms with van der Waals surface area (Å²) in [5, 5.41) is 2.52. The fourth-order valence-corrected chi connectivity index (χ4v) is 9.03. The summed E-state index contributed by atoms with van der Waals surface area (Å²) in [6, 6.07) is 38.3. The molecule has 0 amide bonds. The minimum atomic E-state index is -0.711. The predicted molar refractivity (Wildman–Crippen MR) is 183 cm³/mol. The number of hydrogen-bond acceptors (Lipinski definition) is 2. The maximum atomic E-state index is 7.55. The highest BCUT2D eigenvalue weighted by atomic mass is 16.5.